The summed E-state index contributed by atoms with van der Waals surface area (Å²) < 4.78 is 110. The van der Waals surface area contributed by atoms with E-state index < -0.39 is 7.81 Å². The molecule has 0 unspecified atom stereocenters. The van der Waals surface area contributed by atoms with Crippen molar-refractivity contribution in [2.45, 2.75) is 47.8 Å². The fourth-order valence-corrected chi connectivity index (χ4v) is 5.63. The number of esters is 1. The molecule has 4 aromatic carbocycles. The Kier molecular flexibility index (Phi) is 21.6. The van der Waals surface area contributed by atoms with Gasteiger partial charge in [-0.1, -0.05) is 86.5 Å². The Balaban J connectivity index is 0.000000303. The second-order valence-corrected chi connectivity index (χ2v) is 17.6. The molecule has 358 valence electrons. The Bertz CT molecular complexity index is 1810. The van der Waals surface area contributed by atoms with Crippen LogP contribution in [0.15, 0.2) is 91.0 Å². The molecule has 1 aliphatic heterocycles. The molecule has 5 rings (SSSR count). The molecule has 0 atom stereocenters. The van der Waals surface area contributed by atoms with Crippen molar-refractivity contribution < 1.29 is 77.9 Å². The Labute approximate surface area is 371 Å². The van der Waals surface area contributed by atoms with Crippen molar-refractivity contribution in [3.05, 3.63) is 119 Å². The zero-order chi connectivity index (χ0) is 47.0. The van der Waals surface area contributed by atoms with Crippen LogP contribution < -0.4 is 24.3 Å². The van der Waals surface area contributed by atoms with Crippen LogP contribution in [0, 0.1) is 19.3 Å². The van der Waals surface area contributed by atoms with Crippen molar-refractivity contribution in [1.29, 1.82) is 0 Å². The van der Waals surface area contributed by atoms with E-state index in [0.717, 1.165) is 29.8 Å². The number of aryl methyl sites for hydroxylation is 2. The van der Waals surface area contributed by atoms with Gasteiger partial charge >= 0.3 is 39.0 Å². The molecular formula is C46H62F6NO10P. The molecule has 4 aromatic rings. The first kappa shape index (κ1) is 53.7. The normalized spacial score (nSPS) is 16.1. The Morgan fingerprint density at radius 1 is 0.547 bits per heavy atom. The van der Waals surface area contributed by atoms with E-state index in [1.807, 2.05) is 92.7 Å². The summed E-state index contributed by atoms with van der Waals surface area (Å²) in [6.07, 6.45) is 0. The van der Waals surface area contributed by atoms with Crippen LogP contribution in [0.25, 0.3) is 0 Å². The minimum Gasteiger partial charge on any atom is -0.487 e. The Morgan fingerprint density at radius 2 is 0.875 bits per heavy atom. The number of fused-ring (bicyclic) bond motifs is 2. The molecule has 0 saturated heterocycles. The van der Waals surface area contributed by atoms with Gasteiger partial charge in [0.1, 0.15) is 39.6 Å². The summed E-state index contributed by atoms with van der Waals surface area (Å²) in [5.74, 6) is 2.46. The molecule has 18 heteroatoms. The van der Waals surface area contributed by atoms with E-state index in [9.17, 15) is 30.0 Å². The molecule has 11 nitrogen and oxygen atoms in total. The van der Waals surface area contributed by atoms with Gasteiger partial charge in [-0.05, 0) is 55.8 Å². The van der Waals surface area contributed by atoms with Gasteiger partial charge < -0.3 is 47.9 Å². The van der Waals surface area contributed by atoms with Crippen LogP contribution in [0.5, 0.6) is 23.0 Å². The van der Waals surface area contributed by atoms with Crippen molar-refractivity contribution >= 4 is 13.8 Å². The first-order chi connectivity index (χ1) is 30.1. The van der Waals surface area contributed by atoms with Crippen LogP contribution in [-0.2, 0) is 36.8 Å². The average molecular weight is 934 g/mol. The van der Waals surface area contributed by atoms with Crippen LogP contribution >= 0.6 is 7.81 Å². The predicted molar refractivity (Wildman–Crippen MR) is 233 cm³/mol. The molecule has 2 N–H and O–H groups in total. The molecule has 0 radical (unpaired) electrons. The summed E-state index contributed by atoms with van der Waals surface area (Å²) in [6.45, 7) is 18.6. The van der Waals surface area contributed by atoms with Crippen molar-refractivity contribution in [2.75, 3.05) is 85.8 Å². The number of benzene rings is 4. The smallest absolute Gasteiger partial charge is 0.161 e. The number of quaternary nitrogens is 1. The van der Waals surface area contributed by atoms with E-state index in [1.165, 1.54) is 5.56 Å². The molecule has 64 heavy (non-hydrogen) atoms. The molecule has 0 amide bonds. The van der Waals surface area contributed by atoms with Crippen LogP contribution in [0.2, 0.25) is 0 Å². The predicted octanol–water partition coefficient (Wildman–Crippen LogP) is 10.1. The monoisotopic (exact) mass is 933 g/mol. The zero-order valence-corrected chi connectivity index (χ0v) is 38.0. The van der Waals surface area contributed by atoms with Crippen molar-refractivity contribution in [3.63, 3.8) is 0 Å². The molecule has 0 saturated carbocycles. The third kappa shape index (κ3) is 27.5. The Hall–Kier alpha value is -4.64. The summed E-state index contributed by atoms with van der Waals surface area (Å²) >= 11 is 0. The SMILES string of the molecule is Cc1cc(C)cc(C(=O)OCc2ccc(C[NH2+]CC(C)(C)C)cc2)c1.F[P-](F)(F)(F)(F)F.c1ccc2c(c1)OCCOCCOCCOc1ccccc1OCCOCCOCCO2. The van der Waals surface area contributed by atoms with E-state index >= 15 is 0 Å². The van der Waals surface area contributed by atoms with Crippen LogP contribution in [0.1, 0.15) is 53.4 Å². The molecule has 0 spiro atoms. The van der Waals surface area contributed by atoms with E-state index in [1.54, 1.807) is 0 Å². The van der Waals surface area contributed by atoms with Crippen molar-refractivity contribution in [1.82, 2.24) is 0 Å². The Morgan fingerprint density at radius 3 is 1.22 bits per heavy atom. The molecule has 0 aromatic heterocycles. The summed E-state index contributed by atoms with van der Waals surface area (Å²) in [6, 6.07) is 29.2. The molecule has 0 fully saturated rings. The molecule has 1 aliphatic rings. The van der Waals surface area contributed by atoms with Gasteiger partial charge in [-0.15, -0.1) is 0 Å². The quantitative estimate of drug-likeness (QED) is 0.114. The van der Waals surface area contributed by atoms with Gasteiger partial charge in [-0.3, -0.25) is 0 Å². The number of carbonyl (C=O) groups is 1. The van der Waals surface area contributed by atoms with Crippen LogP contribution in [-0.4, -0.2) is 91.8 Å². The first-order valence-electron chi connectivity index (χ1n) is 20.8. The summed E-state index contributed by atoms with van der Waals surface area (Å²) in [7, 11) is -10.7. The van der Waals surface area contributed by atoms with Gasteiger partial charge in [0.25, 0.3) is 0 Å². The summed E-state index contributed by atoms with van der Waals surface area (Å²) in [4.78, 5) is 12.2. The van der Waals surface area contributed by atoms with Gasteiger partial charge in [0.05, 0.1) is 65.0 Å². The van der Waals surface area contributed by atoms with Crippen molar-refractivity contribution in [2.24, 2.45) is 5.41 Å². The van der Waals surface area contributed by atoms with Gasteiger partial charge in [-0.2, -0.15) is 0 Å². The van der Waals surface area contributed by atoms with E-state index in [0.29, 0.717) is 120 Å². The number of carbonyl (C=O) groups excluding carboxylic acids is 1. The van der Waals surface area contributed by atoms with Gasteiger partial charge in [0, 0.05) is 11.0 Å². The molecule has 1 heterocycles. The number of rotatable bonds is 6. The van der Waals surface area contributed by atoms with Crippen LogP contribution in [0.3, 0.4) is 0 Å². The van der Waals surface area contributed by atoms with Crippen molar-refractivity contribution in [3.8, 4) is 23.0 Å². The first-order valence-corrected chi connectivity index (χ1v) is 22.9. The fraction of sp³-hybridized carbons (Fsp3) is 0.457. The second-order valence-electron chi connectivity index (χ2n) is 15.7. The van der Waals surface area contributed by atoms with E-state index in [2.05, 4.69) is 38.2 Å². The molecule has 0 bridgehead atoms. The van der Waals surface area contributed by atoms with Crippen LogP contribution in [0.4, 0.5) is 25.2 Å². The standard InChI is InChI=1S/C24H32O8.C22H29NO2.F6P/c1-2-6-22-21(5-1)29-17-13-25-9-10-27-15-19-31-23-7-3-4-8-24(23)32-20-16-28-12-11-26-14-18-30-22;1-16-10-17(2)12-20(11-16)21(24)25-14-19-8-6-18(7-9-19)13-23-15-22(3,4)5;1-7(2,3,4,5)6/h1-8H,9-20H2;6-12,23H,13-15H2,1-5H3;/q;;-1/p+1. The van der Waals surface area contributed by atoms with Gasteiger partial charge in [0.2, 0.25) is 0 Å². The number of para-hydroxylation sites is 4. The minimum atomic E-state index is -10.7. The van der Waals surface area contributed by atoms with Gasteiger partial charge in [-0.25, -0.2) is 4.79 Å². The third-order valence-corrected chi connectivity index (χ3v) is 8.37. The number of nitrogens with two attached hydrogens (primary N) is 1. The number of ether oxygens (including phenoxy) is 9. The zero-order valence-electron chi connectivity index (χ0n) is 37.1. The summed E-state index contributed by atoms with van der Waals surface area (Å²) in [5.41, 5.74) is 5.39. The fourth-order valence-electron chi connectivity index (χ4n) is 5.63. The summed E-state index contributed by atoms with van der Waals surface area (Å²) in [5, 5.41) is 2.33. The second kappa shape index (κ2) is 25.7. The maximum absolute atomic E-state index is 12.2. The largest absolute Gasteiger partial charge is 0.487 e. The van der Waals surface area contributed by atoms with E-state index in [4.69, 9.17) is 42.6 Å². The third-order valence-electron chi connectivity index (χ3n) is 8.37. The topological polar surface area (TPSA) is 117 Å². The number of halogens is 6. The maximum Gasteiger partial charge on any atom is 0.161 e. The van der Waals surface area contributed by atoms with E-state index in [-0.39, 0.29) is 5.97 Å². The maximum atomic E-state index is 12.2. The number of hydrogen-bond donors (Lipinski definition) is 1. The average Bonchev–Trinajstić information content (AvgIpc) is 3.20. The van der Waals surface area contributed by atoms with Gasteiger partial charge in [0.15, 0.2) is 23.0 Å². The molecular weight excluding hydrogens is 871 g/mol. The number of hydrogen-bond acceptors (Lipinski definition) is 10. The molecule has 0 aliphatic carbocycles. The minimum absolute atomic E-state index is 0.269.